The molecule has 0 amide bonds. The summed E-state index contributed by atoms with van der Waals surface area (Å²) in [7, 11) is 0. The van der Waals surface area contributed by atoms with Crippen LogP contribution in [0.25, 0.3) is 94.8 Å². The van der Waals surface area contributed by atoms with Crippen molar-refractivity contribution in [2.45, 2.75) is 0 Å². The van der Waals surface area contributed by atoms with E-state index in [9.17, 15) is 21.0 Å². The van der Waals surface area contributed by atoms with Crippen LogP contribution in [0, 0.1) is 45.3 Å². The van der Waals surface area contributed by atoms with Gasteiger partial charge in [0.25, 0.3) is 0 Å². The van der Waals surface area contributed by atoms with Crippen molar-refractivity contribution in [2.75, 3.05) is 0 Å². The summed E-state index contributed by atoms with van der Waals surface area (Å²) in [5.41, 5.74) is 12.9. The number of hydrogen-bond donors (Lipinski definition) is 0. The molecule has 0 unspecified atom stereocenters. The van der Waals surface area contributed by atoms with Gasteiger partial charge in [0.1, 0.15) is 0 Å². The van der Waals surface area contributed by atoms with Gasteiger partial charge in [-0.25, -0.2) is 9.97 Å². The molecule has 8 aromatic carbocycles. The van der Waals surface area contributed by atoms with Crippen LogP contribution in [0.2, 0.25) is 0 Å². The van der Waals surface area contributed by atoms with Crippen molar-refractivity contribution in [3.63, 3.8) is 0 Å². The fourth-order valence-electron chi connectivity index (χ4n) is 8.45. The maximum absolute atomic E-state index is 10.7. The lowest BCUT2D eigenvalue weighted by Crippen LogP contribution is -2.04. The Bertz CT molecular complexity index is 3450. The third kappa shape index (κ3) is 6.81. The second kappa shape index (κ2) is 16.0. The van der Waals surface area contributed by atoms with Crippen molar-refractivity contribution >= 4 is 21.8 Å². The number of hydrogen-bond acceptors (Lipinski definition) is 6. The number of rotatable bonds is 7. The number of fused-ring (bicyclic) bond motifs is 3. The van der Waals surface area contributed by atoms with E-state index < -0.39 is 0 Å². The van der Waals surface area contributed by atoms with E-state index in [1.807, 2.05) is 133 Å². The lowest BCUT2D eigenvalue weighted by molar-refractivity contribution is 1.16. The summed E-state index contributed by atoms with van der Waals surface area (Å²) in [6.07, 6.45) is 0. The second-order valence-electron chi connectivity index (χ2n) is 15.0. The van der Waals surface area contributed by atoms with E-state index in [0.29, 0.717) is 44.8 Å². The van der Waals surface area contributed by atoms with E-state index in [1.165, 1.54) is 0 Å². The predicted molar refractivity (Wildman–Crippen MR) is 248 cm³/mol. The molecule has 0 aliphatic carbocycles. The van der Waals surface area contributed by atoms with E-state index in [2.05, 4.69) is 65.2 Å². The van der Waals surface area contributed by atoms with Gasteiger partial charge >= 0.3 is 0 Å². The molecule has 0 bridgehead atoms. The number of nitrogens with zero attached hydrogens (tertiary/aromatic N) is 7. The van der Waals surface area contributed by atoms with Gasteiger partial charge in [-0.05, 0) is 77.9 Å². The smallest absolute Gasteiger partial charge is 0.160 e. The molecule has 0 fully saturated rings. The molecule has 0 saturated heterocycles. The highest BCUT2D eigenvalue weighted by molar-refractivity contribution is 6.12. The Kier molecular flexibility index (Phi) is 9.60. The summed E-state index contributed by atoms with van der Waals surface area (Å²) in [5, 5.41) is 42.9. The maximum Gasteiger partial charge on any atom is 0.160 e. The first-order chi connectivity index (χ1) is 31.0. The van der Waals surface area contributed by atoms with Gasteiger partial charge in [0, 0.05) is 49.7 Å². The Morgan fingerprint density at radius 3 is 1.41 bits per heavy atom. The van der Waals surface area contributed by atoms with Crippen molar-refractivity contribution < 1.29 is 0 Å². The van der Waals surface area contributed by atoms with Gasteiger partial charge in [0.05, 0.1) is 74.6 Å². The van der Waals surface area contributed by atoms with E-state index >= 15 is 0 Å². The van der Waals surface area contributed by atoms with Crippen molar-refractivity contribution in [1.29, 1.82) is 21.0 Å². The standard InChI is InChI=1S/C56H31N7/c57-32-36-25-37(33-58)27-43(26-36)40-23-24-54-48(28-40)47-21-11-12-22-53(47)63(54)55-49(45-19-9-7-17-41(45)34-59)29-44(30-50(55)46-20-10-8-18-42(46)35-60)56-61-51(38-13-3-1-4-14-38)31-52(62-56)39-15-5-2-6-16-39/h1-31H. The van der Waals surface area contributed by atoms with Crippen molar-refractivity contribution in [1.82, 2.24) is 14.5 Å². The van der Waals surface area contributed by atoms with Gasteiger partial charge < -0.3 is 4.57 Å². The first kappa shape index (κ1) is 37.8. The van der Waals surface area contributed by atoms with Crippen molar-refractivity contribution in [3.05, 3.63) is 210 Å². The summed E-state index contributed by atoms with van der Waals surface area (Å²) >= 11 is 0. The molecule has 0 aliphatic rings. The summed E-state index contributed by atoms with van der Waals surface area (Å²) in [4.78, 5) is 10.4. The number of para-hydroxylation sites is 1. The molecular formula is C56H31N7. The van der Waals surface area contributed by atoms with E-state index in [-0.39, 0.29) is 0 Å². The number of nitriles is 4. The minimum absolute atomic E-state index is 0.405. The van der Waals surface area contributed by atoms with Crippen LogP contribution in [0.15, 0.2) is 188 Å². The molecule has 7 nitrogen and oxygen atoms in total. The normalized spacial score (nSPS) is 10.8. The van der Waals surface area contributed by atoms with E-state index in [4.69, 9.17) is 9.97 Å². The predicted octanol–water partition coefficient (Wildman–Crippen LogP) is 13.1. The van der Waals surface area contributed by atoms with Gasteiger partial charge in [-0.1, -0.05) is 121 Å². The third-order valence-electron chi connectivity index (χ3n) is 11.3. The molecule has 0 aliphatic heterocycles. The van der Waals surface area contributed by atoms with Gasteiger partial charge in [0.15, 0.2) is 5.82 Å². The third-order valence-corrected chi connectivity index (χ3v) is 11.3. The lowest BCUT2D eigenvalue weighted by Gasteiger charge is -2.22. The Morgan fingerprint density at radius 2 is 0.857 bits per heavy atom. The van der Waals surface area contributed by atoms with Crippen molar-refractivity contribution in [2.24, 2.45) is 0 Å². The highest BCUT2D eigenvalue weighted by atomic mass is 15.0. The maximum atomic E-state index is 10.7. The van der Waals surface area contributed by atoms with E-state index in [0.717, 1.165) is 72.3 Å². The zero-order chi connectivity index (χ0) is 42.9. The molecule has 10 aromatic rings. The zero-order valence-corrected chi connectivity index (χ0v) is 33.5. The molecule has 2 aromatic heterocycles. The lowest BCUT2D eigenvalue weighted by atomic mass is 9.89. The van der Waals surface area contributed by atoms with Gasteiger partial charge in [-0.2, -0.15) is 21.0 Å². The first-order valence-electron chi connectivity index (χ1n) is 20.2. The van der Waals surface area contributed by atoms with Crippen LogP contribution in [0.3, 0.4) is 0 Å². The summed E-state index contributed by atoms with van der Waals surface area (Å²) in [6, 6.07) is 70.1. The molecule has 63 heavy (non-hydrogen) atoms. The summed E-state index contributed by atoms with van der Waals surface area (Å²) in [5.74, 6) is 0.483. The Hall–Kier alpha value is -9.40. The van der Waals surface area contributed by atoms with Crippen LogP contribution >= 0.6 is 0 Å². The first-order valence-corrected chi connectivity index (χ1v) is 20.2. The monoisotopic (exact) mass is 801 g/mol. The van der Waals surface area contributed by atoms with Crippen molar-refractivity contribution in [3.8, 4) is 97.2 Å². The van der Waals surface area contributed by atoms with Crippen LogP contribution in [0.5, 0.6) is 0 Å². The topological polar surface area (TPSA) is 126 Å². The Labute approximate surface area is 363 Å². The fraction of sp³-hybridized carbons (Fsp3) is 0. The second-order valence-corrected chi connectivity index (χ2v) is 15.0. The van der Waals surface area contributed by atoms with Gasteiger partial charge in [-0.15, -0.1) is 0 Å². The average molecular weight is 802 g/mol. The van der Waals surface area contributed by atoms with Crippen LogP contribution in [0.4, 0.5) is 0 Å². The molecule has 2 heterocycles. The summed E-state index contributed by atoms with van der Waals surface area (Å²) < 4.78 is 2.22. The SMILES string of the molecule is N#Cc1cc(C#N)cc(-c2ccc3c(c2)c2ccccc2n3-c2c(-c3ccccc3C#N)cc(-c3nc(-c4ccccc4)cc(-c4ccccc4)n3)cc2-c2ccccc2C#N)c1. The quantitative estimate of drug-likeness (QED) is 0.158. The van der Waals surface area contributed by atoms with E-state index in [1.54, 1.807) is 18.2 Å². The van der Waals surface area contributed by atoms with Crippen LogP contribution in [0.1, 0.15) is 22.3 Å². The Morgan fingerprint density at radius 1 is 0.349 bits per heavy atom. The van der Waals surface area contributed by atoms with Gasteiger partial charge in [-0.3, -0.25) is 0 Å². The Balaban J connectivity index is 1.34. The average Bonchev–Trinajstić information content (AvgIpc) is 3.69. The summed E-state index contributed by atoms with van der Waals surface area (Å²) in [6.45, 7) is 0. The van der Waals surface area contributed by atoms with Gasteiger partial charge in [0.2, 0.25) is 0 Å². The largest absolute Gasteiger partial charge is 0.308 e. The number of benzene rings is 8. The zero-order valence-electron chi connectivity index (χ0n) is 33.5. The number of aromatic nitrogens is 3. The molecule has 0 N–H and O–H groups in total. The van der Waals surface area contributed by atoms with Crippen LogP contribution in [-0.2, 0) is 0 Å². The molecule has 0 saturated carbocycles. The molecule has 0 spiro atoms. The molecule has 0 atom stereocenters. The molecule has 0 radical (unpaired) electrons. The minimum Gasteiger partial charge on any atom is -0.308 e. The molecule has 7 heteroatoms. The fourth-order valence-corrected chi connectivity index (χ4v) is 8.45. The molecule has 290 valence electrons. The molecular weight excluding hydrogens is 771 g/mol. The van der Waals surface area contributed by atoms with Crippen LogP contribution in [-0.4, -0.2) is 14.5 Å². The van der Waals surface area contributed by atoms with Crippen LogP contribution < -0.4 is 0 Å². The molecule has 10 rings (SSSR count). The highest BCUT2D eigenvalue weighted by Gasteiger charge is 2.25. The highest BCUT2D eigenvalue weighted by Crippen LogP contribution is 2.46. The minimum atomic E-state index is 0.405.